The summed E-state index contributed by atoms with van der Waals surface area (Å²) >= 11 is 0. The average Bonchev–Trinajstić information content (AvgIpc) is 2.32. The highest BCUT2D eigenvalue weighted by atomic mass is 19.1. The highest BCUT2D eigenvalue weighted by Crippen LogP contribution is 2.14. The number of pyridine rings is 1. The number of rotatable bonds is 2. The summed E-state index contributed by atoms with van der Waals surface area (Å²) in [6.45, 7) is 0. The Labute approximate surface area is 90.6 Å². The van der Waals surface area contributed by atoms with Crippen molar-refractivity contribution in [1.29, 1.82) is 0 Å². The summed E-state index contributed by atoms with van der Waals surface area (Å²) < 4.78 is 26.2. The molecular weight excluding hydrogens is 212 g/mol. The fraction of sp³-hybridized carbons (Fsp3) is 0. The van der Waals surface area contributed by atoms with Gasteiger partial charge in [0.1, 0.15) is 11.6 Å². The van der Waals surface area contributed by atoms with Crippen molar-refractivity contribution in [3.05, 3.63) is 65.5 Å². The van der Waals surface area contributed by atoms with Crippen LogP contribution < -0.4 is 0 Å². The first-order valence-corrected chi connectivity index (χ1v) is 4.58. The number of benzene rings is 1. The van der Waals surface area contributed by atoms with Crippen molar-refractivity contribution in [1.82, 2.24) is 4.98 Å². The number of carbonyl (C=O) groups is 1. The van der Waals surface area contributed by atoms with Gasteiger partial charge in [-0.1, -0.05) is 0 Å². The monoisotopic (exact) mass is 219 g/mol. The van der Waals surface area contributed by atoms with Gasteiger partial charge in [-0.15, -0.1) is 0 Å². The average molecular weight is 219 g/mol. The third kappa shape index (κ3) is 1.95. The molecule has 0 atom stereocenters. The Kier molecular flexibility index (Phi) is 2.72. The second-order valence-electron chi connectivity index (χ2n) is 3.19. The number of hydrogen-bond acceptors (Lipinski definition) is 2. The van der Waals surface area contributed by atoms with Crippen molar-refractivity contribution in [3.63, 3.8) is 0 Å². The van der Waals surface area contributed by atoms with Crippen LogP contribution in [0.3, 0.4) is 0 Å². The maximum absolute atomic E-state index is 13.3. The highest BCUT2D eigenvalue weighted by molar-refractivity contribution is 6.09. The van der Waals surface area contributed by atoms with Crippen molar-refractivity contribution >= 4 is 5.78 Å². The first-order chi connectivity index (χ1) is 7.68. The maximum Gasteiger partial charge on any atom is 0.196 e. The SMILES string of the molecule is O=C(c1ccncc1)c1cc(F)ccc1F. The molecule has 0 saturated carbocycles. The van der Waals surface area contributed by atoms with Crippen LogP contribution in [0.4, 0.5) is 8.78 Å². The van der Waals surface area contributed by atoms with Crippen LogP contribution in [0.2, 0.25) is 0 Å². The van der Waals surface area contributed by atoms with Gasteiger partial charge in [-0.25, -0.2) is 8.78 Å². The molecule has 16 heavy (non-hydrogen) atoms. The van der Waals surface area contributed by atoms with Crippen molar-refractivity contribution in [2.45, 2.75) is 0 Å². The topological polar surface area (TPSA) is 30.0 Å². The fourth-order valence-corrected chi connectivity index (χ4v) is 1.33. The highest BCUT2D eigenvalue weighted by Gasteiger charge is 2.14. The molecule has 0 N–H and O–H groups in total. The molecule has 2 rings (SSSR count). The molecule has 0 aliphatic heterocycles. The zero-order chi connectivity index (χ0) is 11.5. The van der Waals surface area contributed by atoms with E-state index in [-0.39, 0.29) is 11.1 Å². The lowest BCUT2D eigenvalue weighted by atomic mass is 10.0. The lowest BCUT2D eigenvalue weighted by Crippen LogP contribution is -2.04. The smallest absolute Gasteiger partial charge is 0.196 e. The van der Waals surface area contributed by atoms with Crippen LogP contribution >= 0.6 is 0 Å². The first kappa shape index (κ1) is 10.4. The largest absolute Gasteiger partial charge is 0.288 e. The van der Waals surface area contributed by atoms with Crippen molar-refractivity contribution in [2.75, 3.05) is 0 Å². The Balaban J connectivity index is 2.46. The Morgan fingerprint density at radius 1 is 1.06 bits per heavy atom. The molecule has 2 nitrogen and oxygen atoms in total. The summed E-state index contributed by atoms with van der Waals surface area (Å²) in [4.78, 5) is 15.5. The van der Waals surface area contributed by atoms with E-state index >= 15 is 0 Å². The van der Waals surface area contributed by atoms with E-state index in [4.69, 9.17) is 0 Å². The van der Waals surface area contributed by atoms with E-state index in [9.17, 15) is 13.6 Å². The van der Waals surface area contributed by atoms with E-state index in [1.54, 1.807) is 0 Å². The molecule has 0 spiro atoms. The quantitative estimate of drug-likeness (QED) is 0.726. The van der Waals surface area contributed by atoms with Gasteiger partial charge in [0.15, 0.2) is 5.78 Å². The van der Waals surface area contributed by atoms with Gasteiger partial charge in [0.2, 0.25) is 0 Å². The standard InChI is InChI=1S/C12H7F2NO/c13-9-1-2-11(14)10(7-9)12(16)8-3-5-15-6-4-8/h1-7H. The summed E-state index contributed by atoms with van der Waals surface area (Å²) in [5.41, 5.74) is 0.00528. The lowest BCUT2D eigenvalue weighted by molar-refractivity contribution is 0.103. The molecule has 0 amide bonds. The van der Waals surface area contributed by atoms with Gasteiger partial charge in [-0.2, -0.15) is 0 Å². The summed E-state index contributed by atoms with van der Waals surface area (Å²) in [5, 5.41) is 0. The summed E-state index contributed by atoms with van der Waals surface area (Å²) in [5.74, 6) is -1.93. The second-order valence-corrected chi connectivity index (χ2v) is 3.19. The molecule has 0 bridgehead atoms. The molecule has 0 saturated heterocycles. The Morgan fingerprint density at radius 2 is 1.75 bits per heavy atom. The predicted octanol–water partition coefficient (Wildman–Crippen LogP) is 2.59. The molecule has 2 aromatic rings. The van der Waals surface area contributed by atoms with Crippen LogP contribution in [0.25, 0.3) is 0 Å². The third-order valence-electron chi connectivity index (χ3n) is 2.12. The number of ketones is 1. The zero-order valence-electron chi connectivity index (χ0n) is 8.15. The van der Waals surface area contributed by atoms with Crippen molar-refractivity contribution < 1.29 is 13.6 Å². The van der Waals surface area contributed by atoms with Crippen LogP contribution in [0.15, 0.2) is 42.7 Å². The van der Waals surface area contributed by atoms with Gasteiger partial charge in [0, 0.05) is 18.0 Å². The van der Waals surface area contributed by atoms with Gasteiger partial charge in [0.25, 0.3) is 0 Å². The molecule has 0 aliphatic rings. The molecule has 1 aromatic carbocycles. The minimum Gasteiger partial charge on any atom is -0.288 e. The van der Waals surface area contributed by atoms with E-state index in [1.165, 1.54) is 24.5 Å². The Hall–Kier alpha value is -2.10. The minimum atomic E-state index is -0.733. The Bertz CT molecular complexity index is 526. The van der Waals surface area contributed by atoms with Crippen LogP contribution in [-0.4, -0.2) is 10.8 Å². The maximum atomic E-state index is 13.3. The van der Waals surface area contributed by atoms with E-state index in [0.29, 0.717) is 0 Å². The van der Waals surface area contributed by atoms with E-state index < -0.39 is 17.4 Å². The van der Waals surface area contributed by atoms with E-state index in [1.807, 2.05) is 0 Å². The molecule has 0 radical (unpaired) electrons. The van der Waals surface area contributed by atoms with Gasteiger partial charge >= 0.3 is 0 Å². The van der Waals surface area contributed by atoms with Gasteiger partial charge in [0.05, 0.1) is 5.56 Å². The number of aromatic nitrogens is 1. The number of hydrogen-bond donors (Lipinski definition) is 0. The van der Waals surface area contributed by atoms with Crippen LogP contribution in [0.1, 0.15) is 15.9 Å². The third-order valence-corrected chi connectivity index (χ3v) is 2.12. The van der Waals surface area contributed by atoms with Crippen LogP contribution in [-0.2, 0) is 0 Å². The molecule has 0 fully saturated rings. The molecular formula is C12H7F2NO. The molecule has 4 heteroatoms. The second kappa shape index (κ2) is 4.18. The summed E-state index contributed by atoms with van der Waals surface area (Å²) in [7, 11) is 0. The summed E-state index contributed by atoms with van der Waals surface area (Å²) in [6.07, 6.45) is 2.84. The van der Waals surface area contributed by atoms with Gasteiger partial charge < -0.3 is 0 Å². The zero-order valence-corrected chi connectivity index (χ0v) is 8.15. The summed E-state index contributed by atoms with van der Waals surface area (Å²) in [6, 6.07) is 5.69. The number of carbonyl (C=O) groups excluding carboxylic acids is 1. The van der Waals surface area contributed by atoms with Crippen molar-refractivity contribution in [2.24, 2.45) is 0 Å². The molecule has 0 aliphatic carbocycles. The fourth-order valence-electron chi connectivity index (χ4n) is 1.33. The molecule has 80 valence electrons. The minimum absolute atomic E-state index is 0.272. The molecule has 0 unspecified atom stereocenters. The normalized spacial score (nSPS) is 10.1. The Morgan fingerprint density at radius 3 is 2.44 bits per heavy atom. The van der Waals surface area contributed by atoms with Gasteiger partial charge in [-0.3, -0.25) is 9.78 Å². The van der Waals surface area contributed by atoms with Crippen molar-refractivity contribution in [3.8, 4) is 0 Å². The molecule has 1 aromatic heterocycles. The number of nitrogens with zero attached hydrogens (tertiary/aromatic N) is 1. The predicted molar refractivity (Wildman–Crippen MR) is 54.0 cm³/mol. The van der Waals surface area contributed by atoms with Gasteiger partial charge in [-0.05, 0) is 30.3 Å². The number of halogens is 2. The first-order valence-electron chi connectivity index (χ1n) is 4.58. The molecule has 1 heterocycles. The van der Waals surface area contributed by atoms with Crippen LogP contribution in [0.5, 0.6) is 0 Å². The van der Waals surface area contributed by atoms with Crippen LogP contribution in [0, 0.1) is 11.6 Å². The van der Waals surface area contributed by atoms with E-state index in [2.05, 4.69) is 4.98 Å². The van der Waals surface area contributed by atoms with E-state index in [0.717, 1.165) is 18.2 Å². The lowest BCUT2D eigenvalue weighted by Gasteiger charge is -2.02.